The van der Waals surface area contributed by atoms with Crippen LogP contribution in [-0.4, -0.2) is 30.4 Å². The molecule has 1 aromatic rings. The van der Waals surface area contributed by atoms with Gasteiger partial charge in [0.15, 0.2) is 0 Å². The van der Waals surface area contributed by atoms with Gasteiger partial charge in [-0.2, -0.15) is 0 Å². The van der Waals surface area contributed by atoms with Crippen molar-refractivity contribution in [1.29, 1.82) is 0 Å². The van der Waals surface area contributed by atoms with Crippen LogP contribution in [0.1, 0.15) is 39.2 Å². The number of likely N-dealkylation sites (tertiary alicyclic amines) is 1. The summed E-state index contributed by atoms with van der Waals surface area (Å²) in [5.41, 5.74) is 1.06. The second-order valence-corrected chi connectivity index (χ2v) is 8.37. The molecule has 0 aromatic heterocycles. The van der Waals surface area contributed by atoms with E-state index < -0.39 is 0 Å². The van der Waals surface area contributed by atoms with Crippen molar-refractivity contribution in [3.05, 3.63) is 33.8 Å². The summed E-state index contributed by atoms with van der Waals surface area (Å²) in [7, 11) is 0. The number of hydrogen-bond donors (Lipinski definition) is 1. The van der Waals surface area contributed by atoms with Crippen LogP contribution in [0.25, 0.3) is 0 Å². The Morgan fingerprint density at radius 2 is 1.96 bits per heavy atom. The quantitative estimate of drug-likeness (QED) is 0.868. The van der Waals surface area contributed by atoms with E-state index in [1.165, 1.54) is 0 Å². The Hall–Kier alpha value is -0.770. The first kappa shape index (κ1) is 18.6. The molecule has 1 saturated heterocycles. The van der Waals surface area contributed by atoms with Crippen LogP contribution in [0.3, 0.4) is 0 Å². The highest BCUT2D eigenvalue weighted by molar-refractivity contribution is 6.35. The topological polar surface area (TPSA) is 32.3 Å². The van der Waals surface area contributed by atoms with Crippen LogP contribution < -0.4 is 5.32 Å². The first-order chi connectivity index (χ1) is 10.8. The van der Waals surface area contributed by atoms with Gasteiger partial charge in [-0.1, -0.05) is 50.0 Å². The highest BCUT2D eigenvalue weighted by Crippen LogP contribution is 2.27. The first-order valence-corrected chi connectivity index (χ1v) is 8.95. The number of benzene rings is 1. The number of hydrogen-bond acceptors (Lipinski definition) is 2. The lowest BCUT2D eigenvalue weighted by atomic mass is 9.94. The van der Waals surface area contributed by atoms with E-state index in [-0.39, 0.29) is 17.2 Å². The fourth-order valence-corrected chi connectivity index (χ4v) is 3.33. The average molecular weight is 357 g/mol. The monoisotopic (exact) mass is 356 g/mol. The fourth-order valence-electron chi connectivity index (χ4n) is 2.82. The van der Waals surface area contributed by atoms with Crippen molar-refractivity contribution in [2.24, 2.45) is 11.3 Å². The molecule has 2 rings (SSSR count). The fraction of sp³-hybridized carbons (Fsp3) is 0.611. The molecule has 23 heavy (non-hydrogen) atoms. The van der Waals surface area contributed by atoms with E-state index in [9.17, 15) is 4.79 Å². The zero-order valence-electron chi connectivity index (χ0n) is 14.2. The largest absolute Gasteiger partial charge is 0.355 e. The molecule has 0 radical (unpaired) electrons. The molecule has 0 aliphatic carbocycles. The summed E-state index contributed by atoms with van der Waals surface area (Å²) in [6, 6.07) is 5.58. The Morgan fingerprint density at radius 3 is 2.57 bits per heavy atom. The molecule has 5 heteroatoms. The summed E-state index contributed by atoms with van der Waals surface area (Å²) in [4.78, 5) is 14.7. The van der Waals surface area contributed by atoms with Gasteiger partial charge in [0.1, 0.15) is 0 Å². The van der Waals surface area contributed by atoms with Crippen molar-refractivity contribution in [2.75, 3.05) is 19.6 Å². The first-order valence-electron chi connectivity index (χ1n) is 8.19. The molecule has 3 nitrogen and oxygen atoms in total. The zero-order chi connectivity index (χ0) is 17.0. The number of halogens is 2. The Bertz CT molecular complexity index is 534. The van der Waals surface area contributed by atoms with Crippen LogP contribution in [0.2, 0.25) is 10.0 Å². The van der Waals surface area contributed by atoms with Crippen LogP contribution in [0.4, 0.5) is 0 Å². The van der Waals surface area contributed by atoms with Crippen molar-refractivity contribution >= 4 is 29.1 Å². The third-order valence-electron chi connectivity index (χ3n) is 4.11. The molecule has 1 amide bonds. The smallest absolute Gasteiger partial charge is 0.224 e. The lowest BCUT2D eigenvalue weighted by Gasteiger charge is -2.33. The van der Waals surface area contributed by atoms with Gasteiger partial charge in [0.25, 0.3) is 0 Å². The maximum Gasteiger partial charge on any atom is 0.224 e. The van der Waals surface area contributed by atoms with Gasteiger partial charge < -0.3 is 5.32 Å². The van der Waals surface area contributed by atoms with Crippen molar-refractivity contribution in [2.45, 2.75) is 40.2 Å². The Morgan fingerprint density at radius 1 is 1.30 bits per heavy atom. The van der Waals surface area contributed by atoms with Crippen LogP contribution >= 0.6 is 23.2 Å². The minimum absolute atomic E-state index is 0.0485. The highest BCUT2D eigenvalue weighted by atomic mass is 35.5. The normalized spacial score (nSPS) is 19.6. The zero-order valence-corrected chi connectivity index (χ0v) is 15.7. The Balaban J connectivity index is 1.94. The molecule has 1 N–H and O–H groups in total. The molecule has 1 aromatic carbocycles. The average Bonchev–Trinajstić information content (AvgIpc) is 2.48. The third-order valence-corrected chi connectivity index (χ3v) is 4.82. The van der Waals surface area contributed by atoms with Gasteiger partial charge >= 0.3 is 0 Å². The summed E-state index contributed by atoms with van der Waals surface area (Å²) < 4.78 is 0. The van der Waals surface area contributed by atoms with Gasteiger partial charge in [0.05, 0.1) is 5.92 Å². The van der Waals surface area contributed by atoms with Gasteiger partial charge in [-0.05, 0) is 36.9 Å². The number of nitrogens with one attached hydrogen (secondary N) is 1. The van der Waals surface area contributed by atoms with Crippen LogP contribution in [0, 0.1) is 11.3 Å². The summed E-state index contributed by atoms with van der Waals surface area (Å²) in [5, 5.41) is 4.46. The van der Waals surface area contributed by atoms with Gasteiger partial charge in [-0.3, -0.25) is 9.69 Å². The van der Waals surface area contributed by atoms with Gasteiger partial charge in [-0.15, -0.1) is 0 Å². The summed E-state index contributed by atoms with van der Waals surface area (Å²) >= 11 is 12.5. The molecule has 128 valence electrons. The molecule has 1 aliphatic heterocycles. The number of rotatable bonds is 4. The van der Waals surface area contributed by atoms with E-state index >= 15 is 0 Å². The third kappa shape index (κ3) is 5.66. The molecule has 0 saturated carbocycles. The standard InChI is InChI=1S/C18H26Cl2N2O/c1-18(2,3)12-21-17(23)13-6-5-9-22(10-13)11-14-15(19)7-4-8-16(14)20/h4,7-8,13H,5-6,9-12H2,1-3H3,(H,21,23)/t13-/m1/s1. The Labute approximate surface area is 149 Å². The van der Waals surface area contributed by atoms with Crippen molar-refractivity contribution in [1.82, 2.24) is 10.2 Å². The summed E-state index contributed by atoms with van der Waals surface area (Å²) in [5.74, 6) is 0.210. The molecule has 1 aliphatic rings. The molecular weight excluding hydrogens is 331 g/mol. The molecule has 1 fully saturated rings. The minimum atomic E-state index is 0.0485. The van der Waals surface area contributed by atoms with E-state index in [0.29, 0.717) is 23.1 Å². The predicted octanol–water partition coefficient (Wildman–Crippen LogP) is 4.37. The van der Waals surface area contributed by atoms with Crippen LogP contribution in [-0.2, 0) is 11.3 Å². The number of amides is 1. The number of carbonyl (C=O) groups excluding carboxylic acids is 1. The summed E-state index contributed by atoms with van der Waals surface area (Å²) in [6.45, 7) is 9.52. The lowest BCUT2D eigenvalue weighted by molar-refractivity contribution is -0.127. The van der Waals surface area contributed by atoms with Crippen molar-refractivity contribution in [3.8, 4) is 0 Å². The minimum Gasteiger partial charge on any atom is -0.355 e. The molecule has 1 heterocycles. The van der Waals surface area contributed by atoms with Gasteiger partial charge in [-0.25, -0.2) is 0 Å². The molecule has 0 spiro atoms. The van der Waals surface area contributed by atoms with Gasteiger partial charge in [0.2, 0.25) is 5.91 Å². The van der Waals surface area contributed by atoms with E-state index in [4.69, 9.17) is 23.2 Å². The Kier molecular flexibility index (Phi) is 6.35. The van der Waals surface area contributed by atoms with Gasteiger partial charge in [0, 0.05) is 35.2 Å². The molecular formula is C18H26Cl2N2O. The lowest BCUT2D eigenvalue weighted by Crippen LogP contribution is -2.44. The molecule has 0 unspecified atom stereocenters. The number of nitrogens with zero attached hydrogens (tertiary/aromatic N) is 1. The van der Waals surface area contributed by atoms with E-state index in [2.05, 4.69) is 31.0 Å². The second-order valence-electron chi connectivity index (χ2n) is 7.55. The number of carbonyl (C=O) groups is 1. The molecule has 0 bridgehead atoms. The summed E-state index contributed by atoms with van der Waals surface area (Å²) in [6.07, 6.45) is 1.97. The maximum atomic E-state index is 12.4. The van der Waals surface area contributed by atoms with E-state index in [0.717, 1.165) is 31.5 Å². The van der Waals surface area contributed by atoms with Crippen LogP contribution in [0.15, 0.2) is 18.2 Å². The second kappa shape index (κ2) is 7.87. The van der Waals surface area contributed by atoms with Crippen molar-refractivity contribution in [3.63, 3.8) is 0 Å². The van der Waals surface area contributed by atoms with E-state index in [1.54, 1.807) is 0 Å². The van der Waals surface area contributed by atoms with Crippen molar-refractivity contribution < 1.29 is 4.79 Å². The highest BCUT2D eigenvalue weighted by Gasteiger charge is 2.27. The van der Waals surface area contributed by atoms with E-state index in [1.807, 2.05) is 18.2 Å². The molecule has 1 atom stereocenters. The maximum absolute atomic E-state index is 12.4. The predicted molar refractivity (Wildman–Crippen MR) is 96.9 cm³/mol. The number of piperidine rings is 1. The van der Waals surface area contributed by atoms with Crippen LogP contribution in [0.5, 0.6) is 0 Å². The SMILES string of the molecule is CC(C)(C)CNC(=O)[C@@H]1CCCN(Cc2c(Cl)cccc2Cl)C1.